The molecule has 1 aliphatic heterocycles. The zero-order valence-corrected chi connectivity index (χ0v) is 21.1. The maximum Gasteiger partial charge on any atom is 0.227 e. The minimum Gasteiger partial charge on any atom is -0.490 e. The van der Waals surface area contributed by atoms with E-state index in [1.807, 2.05) is 55.7 Å². The van der Waals surface area contributed by atoms with Crippen molar-refractivity contribution < 1.29 is 4.74 Å². The molecule has 1 N–H and O–H groups in total. The van der Waals surface area contributed by atoms with Gasteiger partial charge in [-0.1, -0.05) is 12.1 Å². The number of aryl methyl sites for hydroxylation is 1. The highest BCUT2D eigenvalue weighted by atomic mass is 35.5. The summed E-state index contributed by atoms with van der Waals surface area (Å²) in [5, 5.41) is 4.29. The molecule has 1 aliphatic rings. The standard InChI is InChI=1S/C27H30N6O.ClH/c1-19-17-20(10-11-24(19)33(3)26-9-4-5-14-28-26)30-27-29-18-22-23(31-27)7-6-8-25(22)34-21-12-15-32(2)16-13-21;/h4-11,14,17-18,21H,12-13,15-16H2,1-3H3,(H,29,30,31);1H. The van der Waals surface area contributed by atoms with Crippen LogP contribution in [0.4, 0.5) is 23.1 Å². The van der Waals surface area contributed by atoms with Crippen LogP contribution in [0.3, 0.4) is 0 Å². The lowest BCUT2D eigenvalue weighted by Crippen LogP contribution is -2.35. The van der Waals surface area contributed by atoms with Gasteiger partial charge >= 0.3 is 0 Å². The molecule has 0 amide bonds. The van der Waals surface area contributed by atoms with Crippen molar-refractivity contribution in [3.63, 3.8) is 0 Å². The summed E-state index contributed by atoms with van der Waals surface area (Å²) in [5.41, 5.74) is 4.03. The van der Waals surface area contributed by atoms with Crippen molar-refractivity contribution in [2.24, 2.45) is 0 Å². The number of pyridine rings is 1. The van der Waals surface area contributed by atoms with Crippen molar-refractivity contribution in [1.82, 2.24) is 19.9 Å². The Kier molecular flexibility index (Phi) is 7.68. The number of aromatic nitrogens is 3. The Morgan fingerprint density at radius 1 is 1.03 bits per heavy atom. The SMILES string of the molecule is Cc1cc(Nc2ncc3c(OC4CCN(C)CC4)cccc3n2)ccc1N(C)c1ccccn1.Cl. The Bertz CT molecular complexity index is 1280. The number of nitrogens with one attached hydrogen (secondary N) is 1. The van der Waals surface area contributed by atoms with E-state index in [1.165, 1.54) is 0 Å². The van der Waals surface area contributed by atoms with E-state index in [0.717, 1.165) is 65.3 Å². The molecule has 8 heteroatoms. The molecule has 0 spiro atoms. The third kappa shape index (κ3) is 5.63. The highest BCUT2D eigenvalue weighted by Crippen LogP contribution is 2.30. The molecule has 3 heterocycles. The summed E-state index contributed by atoms with van der Waals surface area (Å²) < 4.78 is 6.33. The van der Waals surface area contributed by atoms with Gasteiger partial charge in [0.15, 0.2) is 0 Å². The summed E-state index contributed by atoms with van der Waals surface area (Å²) in [7, 11) is 4.18. The normalized spacial score (nSPS) is 14.4. The molecular formula is C27H31ClN6O. The van der Waals surface area contributed by atoms with Crippen molar-refractivity contribution in [1.29, 1.82) is 0 Å². The maximum absolute atomic E-state index is 6.33. The third-order valence-corrected chi connectivity index (χ3v) is 6.35. The molecule has 5 rings (SSSR count). The summed E-state index contributed by atoms with van der Waals surface area (Å²) in [6, 6.07) is 18.1. The number of piperidine rings is 1. The van der Waals surface area contributed by atoms with Crippen LogP contribution in [-0.2, 0) is 0 Å². The van der Waals surface area contributed by atoms with Crippen molar-refractivity contribution in [2.45, 2.75) is 25.9 Å². The Hall–Kier alpha value is -3.42. The van der Waals surface area contributed by atoms with Crippen molar-refractivity contribution in [3.05, 3.63) is 72.6 Å². The van der Waals surface area contributed by atoms with Gasteiger partial charge in [0, 0.05) is 43.9 Å². The van der Waals surface area contributed by atoms with Crippen molar-refractivity contribution in [3.8, 4) is 5.75 Å². The van der Waals surface area contributed by atoms with Crippen LogP contribution >= 0.6 is 12.4 Å². The number of benzene rings is 2. The number of fused-ring (bicyclic) bond motifs is 1. The average Bonchev–Trinajstić information content (AvgIpc) is 2.86. The lowest BCUT2D eigenvalue weighted by Gasteiger charge is -2.29. The summed E-state index contributed by atoms with van der Waals surface area (Å²) in [4.78, 5) is 18.2. The molecule has 2 aromatic heterocycles. The number of likely N-dealkylation sites (tertiary alicyclic amines) is 1. The van der Waals surface area contributed by atoms with Gasteiger partial charge in [-0.25, -0.2) is 15.0 Å². The van der Waals surface area contributed by atoms with Gasteiger partial charge in [-0.2, -0.15) is 0 Å². The summed E-state index contributed by atoms with van der Waals surface area (Å²) >= 11 is 0. The lowest BCUT2D eigenvalue weighted by atomic mass is 10.1. The van der Waals surface area contributed by atoms with E-state index in [-0.39, 0.29) is 18.5 Å². The second-order valence-electron chi connectivity index (χ2n) is 8.88. The highest BCUT2D eigenvalue weighted by Gasteiger charge is 2.19. The number of hydrogen-bond donors (Lipinski definition) is 1. The van der Waals surface area contributed by atoms with E-state index < -0.39 is 0 Å². The number of rotatable bonds is 6. The van der Waals surface area contributed by atoms with Gasteiger partial charge in [-0.15, -0.1) is 12.4 Å². The highest BCUT2D eigenvalue weighted by molar-refractivity contribution is 5.86. The Balaban J connectivity index is 0.00000289. The zero-order chi connectivity index (χ0) is 23.5. The first-order chi connectivity index (χ1) is 16.6. The molecule has 182 valence electrons. The molecule has 0 aliphatic carbocycles. The molecule has 0 radical (unpaired) electrons. The predicted molar refractivity (Wildman–Crippen MR) is 145 cm³/mol. The van der Waals surface area contributed by atoms with Crippen LogP contribution in [0.15, 0.2) is 67.0 Å². The first-order valence-corrected chi connectivity index (χ1v) is 11.7. The molecule has 0 atom stereocenters. The minimum absolute atomic E-state index is 0. The van der Waals surface area contributed by atoms with Crippen LogP contribution < -0.4 is 15.0 Å². The van der Waals surface area contributed by atoms with Crippen molar-refractivity contribution >= 4 is 46.5 Å². The van der Waals surface area contributed by atoms with Crippen LogP contribution in [0.5, 0.6) is 5.75 Å². The minimum atomic E-state index is 0. The van der Waals surface area contributed by atoms with E-state index in [1.54, 1.807) is 6.20 Å². The average molecular weight is 491 g/mol. The zero-order valence-electron chi connectivity index (χ0n) is 20.3. The predicted octanol–water partition coefficient (Wildman–Crippen LogP) is 5.74. The summed E-state index contributed by atoms with van der Waals surface area (Å²) in [6.45, 7) is 4.22. The fourth-order valence-electron chi connectivity index (χ4n) is 4.39. The number of halogens is 1. The summed E-state index contributed by atoms with van der Waals surface area (Å²) in [5.74, 6) is 2.33. The summed E-state index contributed by atoms with van der Waals surface area (Å²) in [6.07, 6.45) is 5.98. The van der Waals surface area contributed by atoms with Crippen LogP contribution in [0, 0.1) is 6.92 Å². The molecule has 0 saturated carbocycles. The molecule has 4 aromatic rings. The Labute approximate surface area is 212 Å². The number of nitrogens with zero attached hydrogens (tertiary/aromatic N) is 5. The lowest BCUT2D eigenvalue weighted by molar-refractivity contribution is 0.115. The third-order valence-electron chi connectivity index (χ3n) is 6.35. The van der Waals surface area contributed by atoms with Crippen LogP contribution in [0.1, 0.15) is 18.4 Å². The fourth-order valence-corrected chi connectivity index (χ4v) is 4.39. The van der Waals surface area contributed by atoms with Crippen LogP contribution in [0.25, 0.3) is 10.9 Å². The first kappa shape index (κ1) is 24.7. The molecule has 1 fully saturated rings. The molecular weight excluding hydrogens is 460 g/mol. The molecule has 35 heavy (non-hydrogen) atoms. The van der Waals surface area contributed by atoms with E-state index in [2.05, 4.69) is 51.2 Å². The first-order valence-electron chi connectivity index (χ1n) is 11.7. The number of hydrogen-bond acceptors (Lipinski definition) is 7. The maximum atomic E-state index is 6.33. The van der Waals surface area contributed by atoms with Crippen molar-refractivity contribution in [2.75, 3.05) is 37.4 Å². The number of ether oxygens (including phenoxy) is 1. The quantitative estimate of drug-likeness (QED) is 0.369. The largest absolute Gasteiger partial charge is 0.490 e. The molecule has 0 bridgehead atoms. The van der Waals surface area contributed by atoms with E-state index in [9.17, 15) is 0 Å². The molecule has 1 saturated heterocycles. The van der Waals surface area contributed by atoms with E-state index in [0.29, 0.717) is 5.95 Å². The van der Waals surface area contributed by atoms with Gasteiger partial charge in [-0.05, 0) is 74.8 Å². The smallest absolute Gasteiger partial charge is 0.227 e. The number of anilines is 4. The Morgan fingerprint density at radius 3 is 2.60 bits per heavy atom. The molecule has 7 nitrogen and oxygen atoms in total. The Morgan fingerprint density at radius 2 is 1.86 bits per heavy atom. The van der Waals surface area contributed by atoms with Gasteiger partial charge in [0.05, 0.1) is 10.9 Å². The van der Waals surface area contributed by atoms with Gasteiger partial charge < -0.3 is 19.9 Å². The monoisotopic (exact) mass is 490 g/mol. The van der Waals surface area contributed by atoms with Gasteiger partial charge in [0.25, 0.3) is 0 Å². The molecule has 0 unspecified atom stereocenters. The van der Waals surface area contributed by atoms with E-state index in [4.69, 9.17) is 9.72 Å². The van der Waals surface area contributed by atoms with Gasteiger partial charge in [0.2, 0.25) is 5.95 Å². The molecule has 2 aromatic carbocycles. The van der Waals surface area contributed by atoms with Crippen LogP contribution in [-0.4, -0.2) is 53.1 Å². The second-order valence-corrected chi connectivity index (χ2v) is 8.88. The second kappa shape index (κ2) is 10.9. The van der Waals surface area contributed by atoms with Crippen LogP contribution in [0.2, 0.25) is 0 Å². The van der Waals surface area contributed by atoms with E-state index >= 15 is 0 Å². The van der Waals surface area contributed by atoms with Gasteiger partial charge in [0.1, 0.15) is 17.7 Å². The van der Waals surface area contributed by atoms with Gasteiger partial charge in [-0.3, -0.25) is 0 Å². The fraction of sp³-hybridized carbons (Fsp3) is 0.296. The topological polar surface area (TPSA) is 66.4 Å².